The molecule has 3 N–H and O–H groups in total. The van der Waals surface area contributed by atoms with Gasteiger partial charge in [0.15, 0.2) is 5.11 Å². The first-order valence-electron chi connectivity index (χ1n) is 16.2. The van der Waals surface area contributed by atoms with Gasteiger partial charge in [-0.3, -0.25) is 19.3 Å². The van der Waals surface area contributed by atoms with Crippen LogP contribution in [0.1, 0.15) is 71.4 Å². The number of ether oxygens (including phenoxy) is 3. The average Bonchev–Trinajstić information content (AvgIpc) is 3.21. The van der Waals surface area contributed by atoms with E-state index in [1.165, 1.54) is 6.07 Å². The van der Waals surface area contributed by atoms with Crippen LogP contribution in [0.25, 0.3) is 0 Å². The number of alkyl halides is 3. The van der Waals surface area contributed by atoms with Gasteiger partial charge in [0.2, 0.25) is 11.8 Å². The molecule has 50 heavy (non-hydrogen) atoms. The molecular formula is C35H44F3N5O6S. The van der Waals surface area contributed by atoms with Gasteiger partial charge in [-0.15, -0.1) is 0 Å². The molecule has 3 rings (SSSR count). The Labute approximate surface area is 295 Å². The predicted molar refractivity (Wildman–Crippen MR) is 185 cm³/mol. The third-order valence-corrected chi connectivity index (χ3v) is 8.28. The summed E-state index contributed by atoms with van der Waals surface area (Å²) in [6.45, 7) is 10.4. The summed E-state index contributed by atoms with van der Waals surface area (Å²) in [7, 11) is 0. The van der Waals surface area contributed by atoms with E-state index in [0.29, 0.717) is 44.3 Å². The van der Waals surface area contributed by atoms with Gasteiger partial charge in [-0.2, -0.15) is 18.4 Å². The molecule has 0 bridgehead atoms. The fourth-order valence-electron chi connectivity index (χ4n) is 5.27. The highest BCUT2D eigenvalue weighted by Crippen LogP contribution is 2.40. The van der Waals surface area contributed by atoms with Gasteiger partial charge in [-0.05, 0) is 99.6 Å². The number of rotatable bonds is 17. The van der Waals surface area contributed by atoms with Crippen LogP contribution in [-0.4, -0.2) is 67.4 Å². The van der Waals surface area contributed by atoms with E-state index in [9.17, 15) is 27.6 Å². The van der Waals surface area contributed by atoms with Crippen molar-refractivity contribution in [1.29, 1.82) is 5.26 Å². The number of nitrogens with one attached hydrogen (secondary N) is 1. The second-order valence-electron chi connectivity index (χ2n) is 13.3. The van der Waals surface area contributed by atoms with Gasteiger partial charge in [0.25, 0.3) is 5.91 Å². The largest absolute Gasteiger partial charge is 0.494 e. The van der Waals surface area contributed by atoms with E-state index < -0.39 is 52.0 Å². The van der Waals surface area contributed by atoms with Crippen LogP contribution in [-0.2, 0) is 30.0 Å². The normalized spacial score (nSPS) is 15.2. The Hall–Kier alpha value is -4.26. The number of carbonyl (C=O) groups excluding carboxylic acids is 3. The van der Waals surface area contributed by atoms with Crippen molar-refractivity contribution in [2.45, 2.75) is 78.1 Å². The highest BCUT2D eigenvalue weighted by molar-refractivity contribution is 7.81. The number of nitrogens with two attached hydrogens (primary N) is 1. The lowest BCUT2D eigenvalue weighted by molar-refractivity contribution is -0.137. The molecule has 3 amide bonds. The summed E-state index contributed by atoms with van der Waals surface area (Å²) < 4.78 is 57.6. The van der Waals surface area contributed by atoms with Gasteiger partial charge < -0.3 is 30.2 Å². The number of primary amides is 1. The average molecular weight is 720 g/mol. The van der Waals surface area contributed by atoms with Crippen molar-refractivity contribution in [3.05, 3.63) is 53.6 Å². The van der Waals surface area contributed by atoms with Gasteiger partial charge in [0, 0.05) is 25.5 Å². The highest BCUT2D eigenvalue weighted by atomic mass is 32.1. The maximum Gasteiger partial charge on any atom is 0.417 e. The summed E-state index contributed by atoms with van der Waals surface area (Å²) in [5.74, 6) is -0.896. The second kappa shape index (κ2) is 17.1. The first-order valence-corrected chi connectivity index (χ1v) is 16.6. The summed E-state index contributed by atoms with van der Waals surface area (Å²) in [4.78, 5) is 39.7. The summed E-state index contributed by atoms with van der Waals surface area (Å²) in [6.07, 6.45) is -1.66. The van der Waals surface area contributed by atoms with Crippen LogP contribution in [0.2, 0.25) is 0 Å². The Morgan fingerprint density at radius 2 is 1.56 bits per heavy atom. The number of hydrogen-bond acceptors (Lipinski definition) is 8. The smallest absolute Gasteiger partial charge is 0.417 e. The fourth-order valence-corrected chi connectivity index (χ4v) is 5.79. The number of halogens is 3. The number of hydrogen-bond donors (Lipinski definition) is 2. The maximum absolute atomic E-state index is 13.6. The molecule has 11 nitrogen and oxygen atoms in total. The lowest BCUT2D eigenvalue weighted by Gasteiger charge is -2.29. The monoisotopic (exact) mass is 719 g/mol. The molecule has 0 aliphatic carbocycles. The molecule has 1 heterocycles. The van der Waals surface area contributed by atoms with Crippen LogP contribution in [0.3, 0.4) is 0 Å². The van der Waals surface area contributed by atoms with Crippen molar-refractivity contribution in [3.8, 4) is 11.8 Å². The zero-order chi connectivity index (χ0) is 37.3. The summed E-state index contributed by atoms with van der Waals surface area (Å²) in [5, 5.41) is 11.7. The standard InChI is InChI=1S/C35H44F3N5O6S/c1-33(2,3)29(30(40)45)41-28(44)22-48-18-9-17-47-16-7-6-8-19-49-26-14-12-24(13-15-26)43-32(50)42(31(46)34(43,4)5)25-11-10-23(21-39)27(20-25)35(36,37)38/h10-15,20,29H,6-9,16-19,22H2,1-5H3,(H2,40,45)(H,41,44). The van der Waals surface area contributed by atoms with Crippen LogP contribution >= 0.6 is 12.2 Å². The molecule has 0 radical (unpaired) electrons. The molecule has 1 unspecified atom stereocenters. The number of carbonyl (C=O) groups is 3. The zero-order valence-corrected chi connectivity index (χ0v) is 29.7. The van der Waals surface area contributed by atoms with E-state index in [2.05, 4.69) is 5.32 Å². The first kappa shape index (κ1) is 40.2. The van der Waals surface area contributed by atoms with Gasteiger partial charge >= 0.3 is 6.18 Å². The minimum absolute atomic E-state index is 0.0139. The summed E-state index contributed by atoms with van der Waals surface area (Å²) in [6, 6.07) is 10.8. The minimum atomic E-state index is -4.78. The number of thiocarbonyl (C=S) groups is 1. The van der Waals surface area contributed by atoms with E-state index >= 15 is 0 Å². The lowest BCUT2D eigenvalue weighted by atomic mass is 9.86. The Bertz CT molecular complexity index is 1570. The van der Waals surface area contributed by atoms with Crippen LogP contribution in [0.5, 0.6) is 5.75 Å². The molecule has 1 aliphatic heterocycles. The molecule has 1 atom stereocenters. The first-order chi connectivity index (χ1) is 23.4. The van der Waals surface area contributed by atoms with Gasteiger partial charge in [0.1, 0.15) is 23.9 Å². The summed E-state index contributed by atoms with van der Waals surface area (Å²) in [5.41, 5.74) is 2.49. The molecule has 0 saturated carbocycles. The molecule has 15 heteroatoms. The van der Waals surface area contributed by atoms with Crippen LogP contribution in [0.4, 0.5) is 24.5 Å². The van der Waals surface area contributed by atoms with Crippen molar-refractivity contribution in [1.82, 2.24) is 5.32 Å². The van der Waals surface area contributed by atoms with Crippen molar-refractivity contribution in [2.24, 2.45) is 11.1 Å². The number of anilines is 2. The van der Waals surface area contributed by atoms with Crippen LogP contribution < -0.4 is 25.6 Å². The van der Waals surface area contributed by atoms with Crippen LogP contribution in [0, 0.1) is 16.7 Å². The second-order valence-corrected chi connectivity index (χ2v) is 13.7. The Morgan fingerprint density at radius 3 is 2.16 bits per heavy atom. The number of nitriles is 1. The van der Waals surface area contributed by atoms with Crippen molar-refractivity contribution < 1.29 is 41.8 Å². The molecule has 1 fully saturated rings. The van der Waals surface area contributed by atoms with Gasteiger partial charge in [-0.25, -0.2) is 0 Å². The fraction of sp³-hybridized carbons (Fsp3) is 0.514. The number of benzene rings is 2. The minimum Gasteiger partial charge on any atom is -0.494 e. The summed E-state index contributed by atoms with van der Waals surface area (Å²) >= 11 is 5.59. The lowest BCUT2D eigenvalue weighted by Crippen LogP contribution is -2.52. The quantitative estimate of drug-likeness (QED) is 0.160. The Morgan fingerprint density at radius 1 is 0.960 bits per heavy atom. The molecular weight excluding hydrogens is 675 g/mol. The molecule has 2 aromatic rings. The number of nitrogens with zero attached hydrogens (tertiary/aromatic N) is 3. The van der Waals surface area contributed by atoms with E-state index in [0.717, 1.165) is 36.3 Å². The van der Waals surface area contributed by atoms with E-state index in [1.807, 2.05) is 20.8 Å². The molecule has 2 aromatic carbocycles. The maximum atomic E-state index is 13.6. The third-order valence-electron chi connectivity index (χ3n) is 7.92. The van der Waals surface area contributed by atoms with Gasteiger partial charge in [-0.1, -0.05) is 20.8 Å². The van der Waals surface area contributed by atoms with Crippen molar-refractivity contribution >= 4 is 46.4 Å². The SMILES string of the molecule is CC(C)(C)C(NC(=O)COCCCOCCCCCOc1ccc(N2C(=S)N(c3ccc(C#N)c(C(F)(F)F)c3)C(=O)C2(C)C)cc1)C(N)=O. The van der Waals surface area contributed by atoms with E-state index in [-0.39, 0.29) is 17.4 Å². The Balaban J connectivity index is 1.37. The molecule has 272 valence electrons. The van der Waals surface area contributed by atoms with Crippen molar-refractivity contribution in [2.75, 3.05) is 42.8 Å². The van der Waals surface area contributed by atoms with Gasteiger partial charge in [0.05, 0.1) is 29.5 Å². The zero-order valence-electron chi connectivity index (χ0n) is 28.9. The third kappa shape index (κ3) is 10.4. The topological polar surface area (TPSA) is 147 Å². The molecule has 0 aromatic heterocycles. The van der Waals surface area contributed by atoms with E-state index in [1.54, 1.807) is 49.1 Å². The van der Waals surface area contributed by atoms with Crippen LogP contribution in [0.15, 0.2) is 42.5 Å². The van der Waals surface area contributed by atoms with E-state index in [4.69, 9.17) is 37.4 Å². The predicted octanol–water partition coefficient (Wildman–Crippen LogP) is 5.48. The molecule has 0 spiro atoms. The number of amides is 3. The van der Waals surface area contributed by atoms with Crippen molar-refractivity contribution in [3.63, 3.8) is 0 Å². The number of unbranched alkanes of at least 4 members (excludes halogenated alkanes) is 2. The molecule has 1 saturated heterocycles. The Kier molecular flexibility index (Phi) is 13.7. The molecule has 1 aliphatic rings. The highest BCUT2D eigenvalue weighted by Gasteiger charge is 2.50.